The molecule has 0 fully saturated rings. The third-order valence-electron chi connectivity index (χ3n) is 2.69. The van der Waals surface area contributed by atoms with E-state index in [9.17, 15) is 4.79 Å². The summed E-state index contributed by atoms with van der Waals surface area (Å²) in [6.45, 7) is 7.58. The predicted molar refractivity (Wildman–Crippen MR) is 71.8 cm³/mol. The molecule has 5 nitrogen and oxygen atoms in total. The zero-order valence-electron chi connectivity index (χ0n) is 11.6. The molecule has 2 heterocycles. The molecule has 0 spiro atoms. The van der Waals surface area contributed by atoms with Crippen LogP contribution in [0.2, 0.25) is 0 Å². The minimum Gasteiger partial charge on any atom is -0.489 e. The van der Waals surface area contributed by atoms with Gasteiger partial charge in [0.1, 0.15) is 37.0 Å². The highest BCUT2D eigenvalue weighted by Gasteiger charge is 2.40. The molecule has 2 rings (SSSR count). The molecule has 1 aliphatic heterocycles. The van der Waals surface area contributed by atoms with Crippen molar-refractivity contribution in [3.63, 3.8) is 0 Å². The van der Waals surface area contributed by atoms with Gasteiger partial charge in [-0.05, 0) is 33.8 Å². The number of alkyl carbamates (subject to hydrolysis) is 1. The summed E-state index contributed by atoms with van der Waals surface area (Å²) in [5.41, 5.74) is -0.0596. The lowest BCUT2D eigenvalue weighted by Crippen LogP contribution is -2.47. The van der Waals surface area contributed by atoms with E-state index in [-0.39, 0.29) is 0 Å². The highest BCUT2D eigenvalue weighted by Crippen LogP contribution is 2.34. The Balaban J connectivity index is 2.16. The van der Waals surface area contributed by atoms with Crippen molar-refractivity contribution < 1.29 is 14.3 Å². The number of ether oxygens (including phenoxy) is 2. The summed E-state index contributed by atoms with van der Waals surface area (Å²) in [4.78, 5) is 16.1. The van der Waals surface area contributed by atoms with E-state index in [0.717, 1.165) is 0 Å². The van der Waals surface area contributed by atoms with Crippen LogP contribution in [0.1, 0.15) is 33.4 Å². The number of carbonyl (C=O) groups is 1. The van der Waals surface area contributed by atoms with Gasteiger partial charge in [-0.25, -0.2) is 4.79 Å². The van der Waals surface area contributed by atoms with Crippen LogP contribution in [0, 0.1) is 0 Å². The number of aromatic nitrogens is 1. The highest BCUT2D eigenvalue weighted by molar-refractivity contribution is 6.32. The summed E-state index contributed by atoms with van der Waals surface area (Å²) in [5.74, 6) is 0.596. The van der Waals surface area contributed by atoms with Crippen LogP contribution in [0.4, 0.5) is 4.79 Å². The van der Waals surface area contributed by atoms with Crippen molar-refractivity contribution in [2.24, 2.45) is 0 Å². The number of hydrogen-bond donors (Lipinski definition) is 1. The summed E-state index contributed by atoms with van der Waals surface area (Å²) < 4.78 is 10.8. The maximum atomic E-state index is 11.9. The van der Waals surface area contributed by atoms with Crippen LogP contribution in [0.25, 0.3) is 0 Å². The molecule has 1 unspecified atom stereocenters. The van der Waals surface area contributed by atoms with E-state index in [4.69, 9.17) is 17.3 Å². The van der Waals surface area contributed by atoms with Gasteiger partial charge in [0.2, 0.25) is 0 Å². The van der Waals surface area contributed by atoms with Crippen LogP contribution < -0.4 is 15.5 Å². The minimum atomic E-state index is -0.703. The summed E-state index contributed by atoms with van der Waals surface area (Å²) in [6.07, 6.45) is 1.05. The van der Waals surface area contributed by atoms with Gasteiger partial charge in [-0.1, -0.05) is 5.46 Å². The van der Waals surface area contributed by atoms with E-state index in [0.29, 0.717) is 23.5 Å². The number of fused-ring (bicyclic) bond motifs is 1. The maximum Gasteiger partial charge on any atom is 0.408 e. The Hall–Kier alpha value is -1.72. The normalized spacial score (nSPS) is 21.5. The summed E-state index contributed by atoms with van der Waals surface area (Å²) in [5, 5.41) is 2.80. The van der Waals surface area contributed by atoms with Gasteiger partial charge in [-0.15, -0.1) is 0 Å². The zero-order valence-corrected chi connectivity index (χ0v) is 11.6. The minimum absolute atomic E-state index is 0.304. The standard InChI is InChI=1S/C13H17BN2O3/c1-12(2,3)19-11(17)16-13(4)7-18-9-5-8(14)6-15-10(9)13/h5-6H,7H2,1-4H3,(H,16,17). The van der Waals surface area contributed by atoms with Gasteiger partial charge in [-0.3, -0.25) is 4.98 Å². The molecule has 6 heteroatoms. The summed E-state index contributed by atoms with van der Waals surface area (Å²) >= 11 is 0. The fraction of sp³-hybridized carbons (Fsp3) is 0.538. The first-order valence-corrected chi connectivity index (χ1v) is 6.10. The van der Waals surface area contributed by atoms with Crippen LogP contribution in [-0.4, -0.2) is 31.1 Å². The van der Waals surface area contributed by atoms with Crippen LogP contribution in [0.3, 0.4) is 0 Å². The molecule has 0 aromatic carbocycles. The topological polar surface area (TPSA) is 60.5 Å². The Morgan fingerprint density at radius 3 is 2.89 bits per heavy atom. The van der Waals surface area contributed by atoms with Gasteiger partial charge in [0, 0.05) is 6.20 Å². The van der Waals surface area contributed by atoms with Crippen molar-refractivity contribution in [3.8, 4) is 5.75 Å². The molecule has 19 heavy (non-hydrogen) atoms. The summed E-state index contributed by atoms with van der Waals surface area (Å²) in [6, 6.07) is 1.70. The third-order valence-corrected chi connectivity index (χ3v) is 2.69. The smallest absolute Gasteiger partial charge is 0.408 e. The molecular weight excluding hydrogens is 243 g/mol. The van der Waals surface area contributed by atoms with E-state index in [1.807, 2.05) is 27.7 Å². The molecule has 1 aromatic rings. The number of rotatable bonds is 1. The van der Waals surface area contributed by atoms with Gasteiger partial charge in [-0.2, -0.15) is 0 Å². The predicted octanol–water partition coefficient (Wildman–Crippen LogP) is 1.01. The monoisotopic (exact) mass is 260 g/mol. The van der Waals surface area contributed by atoms with E-state index in [1.54, 1.807) is 12.3 Å². The molecular formula is C13H17BN2O3. The molecule has 0 saturated carbocycles. The first-order chi connectivity index (χ1) is 8.70. The van der Waals surface area contributed by atoms with Gasteiger partial charge < -0.3 is 14.8 Å². The van der Waals surface area contributed by atoms with E-state index in [1.165, 1.54) is 0 Å². The lowest BCUT2D eigenvalue weighted by atomic mass is 9.95. The number of carbonyl (C=O) groups excluding carboxylic acids is 1. The molecule has 2 radical (unpaired) electrons. The lowest BCUT2D eigenvalue weighted by Gasteiger charge is -2.26. The van der Waals surface area contributed by atoms with Gasteiger partial charge >= 0.3 is 6.09 Å². The number of nitrogens with one attached hydrogen (secondary N) is 1. The maximum absolute atomic E-state index is 11.9. The SMILES string of the molecule is [B]c1cnc2c(c1)OCC2(C)NC(=O)OC(C)(C)C. The van der Waals surface area contributed by atoms with E-state index in [2.05, 4.69) is 10.3 Å². The van der Waals surface area contributed by atoms with Crippen molar-refractivity contribution in [2.45, 2.75) is 38.8 Å². The number of pyridine rings is 1. The van der Waals surface area contributed by atoms with Crippen molar-refractivity contribution in [1.82, 2.24) is 10.3 Å². The Morgan fingerprint density at radius 2 is 2.26 bits per heavy atom. The van der Waals surface area contributed by atoms with Crippen molar-refractivity contribution >= 4 is 19.4 Å². The molecule has 1 aliphatic rings. The summed E-state index contributed by atoms with van der Waals surface area (Å²) in [7, 11) is 5.65. The molecule has 0 aliphatic carbocycles. The molecule has 1 amide bonds. The average Bonchev–Trinajstić information content (AvgIpc) is 2.52. The van der Waals surface area contributed by atoms with Crippen LogP contribution in [-0.2, 0) is 10.3 Å². The third kappa shape index (κ3) is 3.00. The average molecular weight is 260 g/mol. The molecule has 0 bridgehead atoms. The first kappa shape index (κ1) is 13.7. The molecule has 1 aromatic heterocycles. The van der Waals surface area contributed by atoms with E-state index >= 15 is 0 Å². The zero-order chi connectivity index (χ0) is 14.3. The van der Waals surface area contributed by atoms with Crippen LogP contribution in [0.15, 0.2) is 12.3 Å². The molecule has 0 saturated heterocycles. The molecule has 1 atom stereocenters. The Kier molecular flexibility index (Phi) is 3.20. The second kappa shape index (κ2) is 4.44. The Bertz CT molecular complexity index is 513. The van der Waals surface area contributed by atoms with E-state index < -0.39 is 17.2 Å². The first-order valence-electron chi connectivity index (χ1n) is 6.10. The Labute approximate surface area is 114 Å². The van der Waals surface area contributed by atoms with Crippen LogP contribution >= 0.6 is 0 Å². The fourth-order valence-electron chi connectivity index (χ4n) is 1.90. The highest BCUT2D eigenvalue weighted by atomic mass is 16.6. The number of hydrogen-bond acceptors (Lipinski definition) is 4. The second-order valence-corrected chi connectivity index (χ2v) is 5.86. The number of nitrogens with zero attached hydrogens (tertiary/aromatic N) is 1. The van der Waals surface area contributed by atoms with Crippen molar-refractivity contribution in [1.29, 1.82) is 0 Å². The van der Waals surface area contributed by atoms with Crippen molar-refractivity contribution in [3.05, 3.63) is 18.0 Å². The molecule has 100 valence electrons. The quantitative estimate of drug-likeness (QED) is 0.765. The lowest BCUT2D eigenvalue weighted by molar-refractivity contribution is 0.0445. The van der Waals surface area contributed by atoms with Gasteiger partial charge in [0.25, 0.3) is 0 Å². The molecule has 1 N–H and O–H groups in total. The number of amides is 1. The van der Waals surface area contributed by atoms with Gasteiger partial charge in [0.15, 0.2) is 0 Å². The van der Waals surface area contributed by atoms with Crippen LogP contribution in [0.5, 0.6) is 5.75 Å². The Morgan fingerprint density at radius 1 is 1.58 bits per heavy atom. The largest absolute Gasteiger partial charge is 0.489 e. The van der Waals surface area contributed by atoms with Gasteiger partial charge in [0.05, 0.1) is 0 Å². The second-order valence-electron chi connectivity index (χ2n) is 5.86. The fourth-order valence-corrected chi connectivity index (χ4v) is 1.90. The van der Waals surface area contributed by atoms with Crippen molar-refractivity contribution in [2.75, 3.05) is 6.61 Å².